The molecule has 1 fully saturated rings. The van der Waals surface area contributed by atoms with Crippen molar-refractivity contribution in [2.75, 3.05) is 0 Å². The number of hydrogen-bond donors (Lipinski definition) is 1. The van der Waals surface area contributed by atoms with Crippen molar-refractivity contribution in [3.05, 3.63) is 53.1 Å². The number of carbonyl (C=O) groups excluding carboxylic acids is 1. The Kier molecular flexibility index (Phi) is 3.41. The van der Waals surface area contributed by atoms with Crippen LogP contribution in [0.5, 0.6) is 0 Å². The first-order valence-corrected chi connectivity index (χ1v) is 8.95. The van der Waals surface area contributed by atoms with E-state index in [0.29, 0.717) is 17.5 Å². The summed E-state index contributed by atoms with van der Waals surface area (Å²) in [7, 11) is 1.77. The van der Waals surface area contributed by atoms with Crippen LogP contribution >= 0.6 is 0 Å². The van der Waals surface area contributed by atoms with Gasteiger partial charge in [-0.3, -0.25) is 9.48 Å². The summed E-state index contributed by atoms with van der Waals surface area (Å²) >= 11 is 0. The summed E-state index contributed by atoms with van der Waals surface area (Å²) in [4.78, 5) is 17.0. The second-order valence-electron chi connectivity index (χ2n) is 7.05. The molecule has 132 valence electrons. The molecule has 1 atom stereocenters. The van der Waals surface area contributed by atoms with Crippen LogP contribution in [0.3, 0.4) is 0 Å². The summed E-state index contributed by atoms with van der Waals surface area (Å²) in [5.41, 5.74) is 3.89. The summed E-state index contributed by atoms with van der Waals surface area (Å²) in [6.45, 7) is 0. The van der Waals surface area contributed by atoms with E-state index in [0.717, 1.165) is 42.6 Å². The molecule has 5 rings (SSSR count). The SMILES string of the molecule is Cn1nccc1C(=O)N[C@@H]1CCc2cc(-c3nc(C4CC4)no3)ccc21. The van der Waals surface area contributed by atoms with Gasteiger partial charge in [-0.05, 0) is 55.0 Å². The number of hydrogen-bond acceptors (Lipinski definition) is 5. The monoisotopic (exact) mass is 349 g/mol. The van der Waals surface area contributed by atoms with Gasteiger partial charge in [-0.25, -0.2) is 0 Å². The molecule has 2 aliphatic carbocycles. The van der Waals surface area contributed by atoms with E-state index in [1.165, 1.54) is 5.56 Å². The van der Waals surface area contributed by atoms with Gasteiger partial charge in [0, 0.05) is 24.7 Å². The third-order valence-corrected chi connectivity index (χ3v) is 5.21. The normalized spacial score (nSPS) is 18.7. The number of nitrogens with zero attached hydrogens (tertiary/aromatic N) is 4. The van der Waals surface area contributed by atoms with Crippen LogP contribution < -0.4 is 5.32 Å². The molecule has 1 saturated carbocycles. The molecule has 2 aromatic heterocycles. The summed E-state index contributed by atoms with van der Waals surface area (Å²) in [6, 6.07) is 7.91. The fourth-order valence-electron chi connectivity index (χ4n) is 3.59. The molecule has 1 amide bonds. The first-order valence-electron chi connectivity index (χ1n) is 8.95. The van der Waals surface area contributed by atoms with Gasteiger partial charge >= 0.3 is 0 Å². The molecule has 0 aliphatic heterocycles. The average Bonchev–Trinajstić information content (AvgIpc) is 3.05. The van der Waals surface area contributed by atoms with Gasteiger partial charge in [0.1, 0.15) is 5.69 Å². The molecule has 26 heavy (non-hydrogen) atoms. The van der Waals surface area contributed by atoms with Crippen molar-refractivity contribution >= 4 is 5.91 Å². The van der Waals surface area contributed by atoms with Crippen molar-refractivity contribution in [2.24, 2.45) is 7.05 Å². The van der Waals surface area contributed by atoms with E-state index < -0.39 is 0 Å². The summed E-state index contributed by atoms with van der Waals surface area (Å²) in [6.07, 6.45) is 5.75. The van der Waals surface area contributed by atoms with Crippen LogP contribution in [0.15, 0.2) is 35.0 Å². The molecule has 7 heteroatoms. The first-order chi connectivity index (χ1) is 12.7. The number of rotatable bonds is 4. The minimum Gasteiger partial charge on any atom is -0.344 e. The van der Waals surface area contributed by atoms with Crippen molar-refractivity contribution in [3.8, 4) is 11.5 Å². The maximum atomic E-state index is 12.4. The Hall–Kier alpha value is -2.96. The molecule has 0 spiro atoms. The maximum Gasteiger partial charge on any atom is 0.270 e. The molecule has 0 radical (unpaired) electrons. The predicted molar refractivity (Wildman–Crippen MR) is 93.4 cm³/mol. The molecular weight excluding hydrogens is 330 g/mol. The van der Waals surface area contributed by atoms with E-state index in [1.807, 2.05) is 6.07 Å². The molecule has 3 aromatic rings. The second-order valence-corrected chi connectivity index (χ2v) is 7.05. The largest absolute Gasteiger partial charge is 0.344 e. The molecular formula is C19H19N5O2. The lowest BCUT2D eigenvalue weighted by molar-refractivity contribution is 0.0927. The lowest BCUT2D eigenvalue weighted by Crippen LogP contribution is -2.28. The highest BCUT2D eigenvalue weighted by Gasteiger charge is 2.30. The number of benzene rings is 1. The van der Waals surface area contributed by atoms with Gasteiger partial charge in [0.2, 0.25) is 0 Å². The average molecular weight is 349 g/mol. The van der Waals surface area contributed by atoms with E-state index in [-0.39, 0.29) is 11.9 Å². The Morgan fingerprint density at radius 2 is 2.15 bits per heavy atom. The number of fused-ring (bicyclic) bond motifs is 1. The highest BCUT2D eigenvalue weighted by Crippen LogP contribution is 2.39. The zero-order chi connectivity index (χ0) is 17.7. The second kappa shape index (κ2) is 5.79. The van der Waals surface area contributed by atoms with E-state index in [1.54, 1.807) is 24.0 Å². The zero-order valence-corrected chi connectivity index (χ0v) is 14.5. The lowest BCUT2D eigenvalue weighted by atomic mass is 10.0. The van der Waals surface area contributed by atoms with Crippen LogP contribution in [0.4, 0.5) is 0 Å². The lowest BCUT2D eigenvalue weighted by Gasteiger charge is -2.14. The van der Waals surface area contributed by atoms with Crippen LogP contribution in [0.2, 0.25) is 0 Å². The highest BCUT2D eigenvalue weighted by molar-refractivity contribution is 5.92. The van der Waals surface area contributed by atoms with Crippen molar-refractivity contribution < 1.29 is 9.32 Å². The van der Waals surface area contributed by atoms with Crippen LogP contribution in [0.1, 0.15) is 58.7 Å². The Balaban J connectivity index is 1.36. The van der Waals surface area contributed by atoms with Crippen LogP contribution in [0.25, 0.3) is 11.5 Å². The standard InChI is InChI=1S/C19H19N5O2/c1-24-16(8-9-20-24)18(25)21-15-7-5-12-10-13(4-6-14(12)15)19-22-17(23-26-19)11-2-3-11/h4,6,8-11,15H,2-3,5,7H2,1H3,(H,21,25)/t15-/m1/s1. The summed E-state index contributed by atoms with van der Waals surface area (Å²) in [5, 5.41) is 11.3. The van der Waals surface area contributed by atoms with Gasteiger partial charge in [0.15, 0.2) is 5.82 Å². The predicted octanol–water partition coefficient (Wildman–Crippen LogP) is 2.76. The Morgan fingerprint density at radius 3 is 2.92 bits per heavy atom. The Morgan fingerprint density at radius 1 is 1.27 bits per heavy atom. The van der Waals surface area contributed by atoms with Gasteiger partial charge < -0.3 is 9.84 Å². The quantitative estimate of drug-likeness (QED) is 0.783. The molecule has 0 bridgehead atoms. The summed E-state index contributed by atoms with van der Waals surface area (Å²) in [5.74, 6) is 1.78. The fraction of sp³-hybridized carbons (Fsp3) is 0.368. The first kappa shape index (κ1) is 15.3. The maximum absolute atomic E-state index is 12.4. The zero-order valence-electron chi connectivity index (χ0n) is 14.5. The Labute approximate surface area is 150 Å². The summed E-state index contributed by atoms with van der Waals surface area (Å²) < 4.78 is 7.01. The minimum absolute atomic E-state index is 0.0196. The third kappa shape index (κ3) is 2.60. The molecule has 1 N–H and O–H groups in total. The van der Waals surface area contributed by atoms with Crippen LogP contribution in [-0.4, -0.2) is 25.8 Å². The van der Waals surface area contributed by atoms with Crippen LogP contribution in [0, 0.1) is 0 Å². The van der Waals surface area contributed by atoms with Crippen molar-refractivity contribution in [3.63, 3.8) is 0 Å². The van der Waals surface area contributed by atoms with Gasteiger partial charge in [0.05, 0.1) is 6.04 Å². The van der Waals surface area contributed by atoms with Crippen molar-refractivity contribution in [1.82, 2.24) is 25.2 Å². The number of aryl methyl sites for hydroxylation is 2. The number of aromatic nitrogens is 4. The smallest absolute Gasteiger partial charge is 0.270 e. The molecule has 2 aliphatic rings. The molecule has 1 aromatic carbocycles. The molecule has 7 nitrogen and oxygen atoms in total. The number of carbonyl (C=O) groups is 1. The third-order valence-electron chi connectivity index (χ3n) is 5.21. The van der Waals surface area contributed by atoms with Gasteiger partial charge in [-0.15, -0.1) is 0 Å². The topological polar surface area (TPSA) is 85.8 Å². The van der Waals surface area contributed by atoms with Crippen molar-refractivity contribution in [1.29, 1.82) is 0 Å². The van der Waals surface area contributed by atoms with Gasteiger partial charge in [0.25, 0.3) is 11.8 Å². The van der Waals surface area contributed by atoms with E-state index in [4.69, 9.17) is 4.52 Å². The Bertz CT molecular complexity index is 985. The van der Waals surface area contributed by atoms with E-state index >= 15 is 0 Å². The van der Waals surface area contributed by atoms with Gasteiger partial charge in [-0.1, -0.05) is 11.2 Å². The number of nitrogens with one attached hydrogen (secondary N) is 1. The molecule has 2 heterocycles. The molecule has 0 saturated heterocycles. The minimum atomic E-state index is -0.0992. The number of amides is 1. The molecule has 0 unspecified atom stereocenters. The van der Waals surface area contributed by atoms with Crippen molar-refractivity contribution in [2.45, 2.75) is 37.6 Å². The van der Waals surface area contributed by atoms with E-state index in [2.05, 4.69) is 32.7 Å². The van der Waals surface area contributed by atoms with Gasteiger partial charge in [-0.2, -0.15) is 10.1 Å². The van der Waals surface area contributed by atoms with E-state index in [9.17, 15) is 4.79 Å². The fourth-order valence-corrected chi connectivity index (χ4v) is 3.59. The highest BCUT2D eigenvalue weighted by atomic mass is 16.5. The van der Waals surface area contributed by atoms with Crippen LogP contribution in [-0.2, 0) is 13.5 Å².